The lowest BCUT2D eigenvalue weighted by atomic mass is 10.1. The van der Waals surface area contributed by atoms with Crippen LogP contribution in [0.15, 0.2) is 34.8 Å². The van der Waals surface area contributed by atoms with Gasteiger partial charge in [-0.3, -0.25) is 9.89 Å². The predicted octanol–water partition coefficient (Wildman–Crippen LogP) is 2.69. The number of piperazine rings is 1. The van der Waals surface area contributed by atoms with Crippen LogP contribution in [0.5, 0.6) is 0 Å². The molecule has 1 fully saturated rings. The molecule has 22 heavy (non-hydrogen) atoms. The molecule has 1 unspecified atom stereocenters. The summed E-state index contributed by atoms with van der Waals surface area (Å²) in [5.74, 6) is -0.00874. The number of hydrogen-bond donors (Lipinski definition) is 2. The van der Waals surface area contributed by atoms with Crippen molar-refractivity contribution in [3.8, 4) is 11.3 Å². The number of carbonyl (C=O) groups excluding carboxylic acids is 1. The van der Waals surface area contributed by atoms with Crippen LogP contribution in [0.1, 0.15) is 17.4 Å². The summed E-state index contributed by atoms with van der Waals surface area (Å²) in [5, 5.41) is 10.5. The van der Waals surface area contributed by atoms with Crippen molar-refractivity contribution in [2.24, 2.45) is 0 Å². The molecule has 2 N–H and O–H groups in total. The molecule has 1 aromatic carbocycles. The lowest BCUT2D eigenvalue weighted by Gasteiger charge is -2.33. The molecule has 1 amide bonds. The molecular formula is C15H18BrClN4O. The maximum Gasteiger partial charge on any atom is 0.273 e. The lowest BCUT2D eigenvalue weighted by molar-refractivity contribution is 0.0648. The molecule has 2 heterocycles. The first kappa shape index (κ1) is 17.0. The Morgan fingerprint density at radius 1 is 1.36 bits per heavy atom. The minimum atomic E-state index is -0.00874. The molecular weight excluding hydrogens is 368 g/mol. The fourth-order valence-electron chi connectivity index (χ4n) is 2.54. The van der Waals surface area contributed by atoms with Gasteiger partial charge in [-0.25, -0.2) is 0 Å². The van der Waals surface area contributed by atoms with E-state index in [0.29, 0.717) is 12.2 Å². The van der Waals surface area contributed by atoms with Gasteiger partial charge in [-0.1, -0.05) is 30.3 Å². The molecule has 1 aliphatic rings. The van der Waals surface area contributed by atoms with Crippen molar-refractivity contribution in [1.82, 2.24) is 20.4 Å². The number of benzene rings is 1. The number of aromatic amines is 1. The van der Waals surface area contributed by atoms with E-state index in [9.17, 15) is 4.79 Å². The van der Waals surface area contributed by atoms with E-state index in [4.69, 9.17) is 0 Å². The van der Waals surface area contributed by atoms with Gasteiger partial charge in [-0.05, 0) is 22.9 Å². The second-order valence-electron chi connectivity index (χ2n) is 5.18. The summed E-state index contributed by atoms with van der Waals surface area (Å²) < 4.78 is 0.726. The van der Waals surface area contributed by atoms with Gasteiger partial charge in [0.05, 0.1) is 4.47 Å². The summed E-state index contributed by atoms with van der Waals surface area (Å²) in [6.45, 7) is 4.41. The summed E-state index contributed by atoms with van der Waals surface area (Å²) in [6.07, 6.45) is 0. The number of hydrogen-bond acceptors (Lipinski definition) is 3. The standard InChI is InChI=1S/C15H17BrN4O.ClH/c1-10-9-17-7-8-20(10)15(21)14-12(16)13(18-19-14)11-5-3-2-4-6-11;/h2-6,10,17H,7-9H2,1H3,(H,18,19);1H. The Bertz CT molecular complexity index is 646. The van der Waals surface area contributed by atoms with E-state index >= 15 is 0 Å². The zero-order valence-electron chi connectivity index (χ0n) is 12.2. The van der Waals surface area contributed by atoms with Gasteiger partial charge in [-0.2, -0.15) is 5.10 Å². The van der Waals surface area contributed by atoms with Crippen LogP contribution in [0, 0.1) is 0 Å². The average molecular weight is 386 g/mol. The number of nitrogens with one attached hydrogen (secondary N) is 2. The molecule has 5 nitrogen and oxygen atoms in total. The maximum absolute atomic E-state index is 12.7. The molecule has 0 saturated carbocycles. The van der Waals surface area contributed by atoms with E-state index in [1.165, 1.54) is 0 Å². The first-order chi connectivity index (χ1) is 10.2. The van der Waals surface area contributed by atoms with E-state index < -0.39 is 0 Å². The first-order valence-electron chi connectivity index (χ1n) is 6.99. The Morgan fingerprint density at radius 3 is 2.77 bits per heavy atom. The predicted molar refractivity (Wildman–Crippen MR) is 92.3 cm³/mol. The van der Waals surface area contributed by atoms with Crippen LogP contribution in [0.25, 0.3) is 11.3 Å². The molecule has 118 valence electrons. The van der Waals surface area contributed by atoms with Gasteiger partial charge in [0.1, 0.15) is 11.4 Å². The molecule has 0 bridgehead atoms. The van der Waals surface area contributed by atoms with Gasteiger partial charge in [0, 0.05) is 31.2 Å². The van der Waals surface area contributed by atoms with Gasteiger partial charge >= 0.3 is 0 Å². The highest BCUT2D eigenvalue weighted by molar-refractivity contribution is 9.10. The number of carbonyl (C=O) groups is 1. The van der Waals surface area contributed by atoms with Crippen LogP contribution in [0.2, 0.25) is 0 Å². The highest BCUT2D eigenvalue weighted by Crippen LogP contribution is 2.29. The molecule has 0 radical (unpaired) electrons. The van der Waals surface area contributed by atoms with Crippen LogP contribution in [-0.4, -0.2) is 46.7 Å². The van der Waals surface area contributed by atoms with Crippen LogP contribution in [-0.2, 0) is 0 Å². The average Bonchev–Trinajstić information content (AvgIpc) is 2.90. The SMILES string of the molecule is CC1CNCCN1C(=O)c1[nH]nc(-c2ccccc2)c1Br.Cl. The zero-order chi connectivity index (χ0) is 14.8. The van der Waals surface area contributed by atoms with E-state index in [2.05, 4.69) is 31.4 Å². The summed E-state index contributed by atoms with van der Waals surface area (Å²) in [6, 6.07) is 10.00. The molecule has 0 aliphatic carbocycles. The van der Waals surface area contributed by atoms with Crippen molar-refractivity contribution in [3.05, 3.63) is 40.5 Å². The van der Waals surface area contributed by atoms with Gasteiger partial charge in [-0.15, -0.1) is 12.4 Å². The van der Waals surface area contributed by atoms with E-state index in [-0.39, 0.29) is 24.4 Å². The lowest BCUT2D eigenvalue weighted by Crippen LogP contribution is -2.52. The van der Waals surface area contributed by atoms with Crippen LogP contribution < -0.4 is 5.32 Å². The monoisotopic (exact) mass is 384 g/mol. The molecule has 0 spiro atoms. The van der Waals surface area contributed by atoms with Gasteiger partial charge in [0.2, 0.25) is 0 Å². The number of halogens is 2. The number of nitrogens with zero attached hydrogens (tertiary/aromatic N) is 2. The second kappa shape index (κ2) is 7.26. The van der Waals surface area contributed by atoms with E-state index in [0.717, 1.165) is 28.8 Å². The third kappa shape index (κ3) is 3.19. The third-order valence-corrected chi connectivity index (χ3v) is 4.50. The van der Waals surface area contributed by atoms with Crippen LogP contribution in [0.4, 0.5) is 0 Å². The van der Waals surface area contributed by atoms with Crippen molar-refractivity contribution >= 4 is 34.2 Å². The Labute approximate surface area is 144 Å². The van der Waals surface area contributed by atoms with Crippen molar-refractivity contribution in [3.63, 3.8) is 0 Å². The summed E-state index contributed by atoms with van der Waals surface area (Å²) >= 11 is 3.52. The number of rotatable bonds is 2. The normalized spacial score (nSPS) is 17.9. The zero-order valence-corrected chi connectivity index (χ0v) is 14.6. The van der Waals surface area contributed by atoms with Gasteiger partial charge in [0.15, 0.2) is 0 Å². The Morgan fingerprint density at radius 2 is 2.09 bits per heavy atom. The Balaban J connectivity index is 0.00000176. The van der Waals surface area contributed by atoms with Gasteiger partial charge in [0.25, 0.3) is 5.91 Å². The summed E-state index contributed by atoms with van der Waals surface area (Å²) in [5.41, 5.74) is 2.26. The minimum Gasteiger partial charge on any atom is -0.332 e. The molecule has 1 aliphatic heterocycles. The van der Waals surface area contributed by atoms with Crippen LogP contribution >= 0.6 is 28.3 Å². The fourth-order valence-corrected chi connectivity index (χ4v) is 3.12. The van der Waals surface area contributed by atoms with Crippen molar-refractivity contribution in [2.75, 3.05) is 19.6 Å². The Kier molecular flexibility index (Phi) is 5.61. The van der Waals surface area contributed by atoms with E-state index in [1.807, 2.05) is 42.2 Å². The number of amides is 1. The first-order valence-corrected chi connectivity index (χ1v) is 7.78. The van der Waals surface area contributed by atoms with Gasteiger partial charge < -0.3 is 10.2 Å². The highest BCUT2D eigenvalue weighted by Gasteiger charge is 2.28. The minimum absolute atomic E-state index is 0. The summed E-state index contributed by atoms with van der Waals surface area (Å²) in [4.78, 5) is 14.6. The smallest absolute Gasteiger partial charge is 0.273 e. The molecule has 1 atom stereocenters. The molecule has 7 heteroatoms. The maximum atomic E-state index is 12.7. The molecule has 1 aromatic heterocycles. The number of H-pyrrole nitrogens is 1. The summed E-state index contributed by atoms with van der Waals surface area (Å²) in [7, 11) is 0. The third-order valence-electron chi connectivity index (χ3n) is 3.73. The fraction of sp³-hybridized carbons (Fsp3) is 0.333. The van der Waals surface area contributed by atoms with Crippen molar-refractivity contribution in [2.45, 2.75) is 13.0 Å². The van der Waals surface area contributed by atoms with E-state index in [1.54, 1.807) is 0 Å². The van der Waals surface area contributed by atoms with Crippen molar-refractivity contribution < 1.29 is 4.79 Å². The topological polar surface area (TPSA) is 61.0 Å². The number of aromatic nitrogens is 2. The quantitative estimate of drug-likeness (QED) is 0.835. The molecule has 3 rings (SSSR count). The Hall–Kier alpha value is -1.37. The molecule has 2 aromatic rings. The van der Waals surface area contributed by atoms with Crippen LogP contribution in [0.3, 0.4) is 0 Å². The van der Waals surface area contributed by atoms with Crippen molar-refractivity contribution in [1.29, 1.82) is 0 Å². The highest BCUT2D eigenvalue weighted by atomic mass is 79.9. The largest absolute Gasteiger partial charge is 0.332 e. The molecule has 1 saturated heterocycles. The second-order valence-corrected chi connectivity index (χ2v) is 5.97.